The zero-order valence-electron chi connectivity index (χ0n) is 7.15. The van der Waals surface area contributed by atoms with Crippen molar-refractivity contribution in [2.24, 2.45) is 0 Å². The average Bonchev–Trinajstić information content (AvgIpc) is 2.07. The molecule has 0 unspecified atom stereocenters. The molecule has 0 aliphatic carbocycles. The van der Waals surface area contributed by atoms with E-state index in [0.717, 1.165) is 6.20 Å². The van der Waals surface area contributed by atoms with Crippen LogP contribution in [0.1, 0.15) is 6.92 Å². The molecule has 1 amide bonds. The van der Waals surface area contributed by atoms with Crippen LogP contribution in [0.5, 0.6) is 0 Å². The van der Waals surface area contributed by atoms with Crippen molar-refractivity contribution < 1.29 is 9.72 Å². The summed E-state index contributed by atoms with van der Waals surface area (Å²) < 4.78 is 0.377. The Morgan fingerprint density at radius 1 is 1.71 bits per heavy atom. The summed E-state index contributed by atoms with van der Waals surface area (Å²) in [6, 6.07) is 1.28. The van der Waals surface area contributed by atoms with Gasteiger partial charge in [0.05, 0.1) is 9.40 Å². The van der Waals surface area contributed by atoms with Crippen LogP contribution in [0.25, 0.3) is 0 Å². The molecular weight excluding hydrogens is 254 g/mol. The number of hydrogen-bond acceptors (Lipinski definition) is 4. The highest BCUT2D eigenvalue weighted by Gasteiger charge is 2.10. The smallest absolute Gasteiger partial charge is 0.288 e. The highest BCUT2D eigenvalue weighted by Crippen LogP contribution is 2.24. The quantitative estimate of drug-likeness (QED) is 0.647. The topological polar surface area (TPSA) is 85.1 Å². The molecule has 0 aliphatic rings. The molecule has 0 atom stereocenters. The fraction of sp³-hybridized carbons (Fsp3) is 0.143. The van der Waals surface area contributed by atoms with Crippen LogP contribution in [-0.2, 0) is 4.79 Å². The van der Waals surface area contributed by atoms with Gasteiger partial charge in [-0.05, 0) is 15.9 Å². The summed E-state index contributed by atoms with van der Waals surface area (Å²) in [7, 11) is 0. The first-order valence-corrected chi connectivity index (χ1v) is 4.37. The van der Waals surface area contributed by atoms with E-state index in [9.17, 15) is 14.9 Å². The molecule has 0 saturated heterocycles. The van der Waals surface area contributed by atoms with E-state index in [1.807, 2.05) is 0 Å². The summed E-state index contributed by atoms with van der Waals surface area (Å²) in [6.45, 7) is 1.33. The second kappa shape index (κ2) is 4.14. The number of amides is 1. The lowest BCUT2D eigenvalue weighted by Crippen LogP contribution is -2.08. The fourth-order valence-corrected chi connectivity index (χ4v) is 1.22. The van der Waals surface area contributed by atoms with Gasteiger partial charge in [-0.25, -0.2) is 4.98 Å². The summed E-state index contributed by atoms with van der Waals surface area (Å²) >= 11 is 3.06. The molecule has 0 aliphatic heterocycles. The lowest BCUT2D eigenvalue weighted by atomic mass is 10.4. The third kappa shape index (κ3) is 2.49. The Balaban J connectivity index is 3.01. The van der Waals surface area contributed by atoms with Crippen molar-refractivity contribution in [1.29, 1.82) is 0 Å². The zero-order chi connectivity index (χ0) is 10.7. The predicted molar refractivity (Wildman–Crippen MR) is 52.9 cm³/mol. The van der Waals surface area contributed by atoms with Crippen LogP contribution in [0.15, 0.2) is 16.7 Å². The number of anilines is 1. The highest BCUT2D eigenvalue weighted by atomic mass is 79.9. The van der Waals surface area contributed by atoms with Gasteiger partial charge < -0.3 is 5.32 Å². The van der Waals surface area contributed by atoms with Crippen molar-refractivity contribution in [3.05, 3.63) is 26.9 Å². The number of rotatable bonds is 2. The van der Waals surface area contributed by atoms with Crippen LogP contribution in [0.3, 0.4) is 0 Å². The minimum atomic E-state index is -0.560. The monoisotopic (exact) mass is 259 g/mol. The Hall–Kier alpha value is -1.50. The summed E-state index contributed by atoms with van der Waals surface area (Å²) in [6.07, 6.45) is 1.08. The molecule has 0 spiro atoms. The van der Waals surface area contributed by atoms with E-state index in [1.165, 1.54) is 13.0 Å². The number of halogens is 1. The van der Waals surface area contributed by atoms with E-state index >= 15 is 0 Å². The molecule has 0 fully saturated rings. The van der Waals surface area contributed by atoms with Crippen molar-refractivity contribution in [2.45, 2.75) is 6.92 Å². The average molecular weight is 260 g/mol. The number of nitrogens with one attached hydrogen (secondary N) is 1. The van der Waals surface area contributed by atoms with E-state index in [-0.39, 0.29) is 17.4 Å². The zero-order valence-corrected chi connectivity index (χ0v) is 8.74. The molecule has 14 heavy (non-hydrogen) atoms. The first kappa shape index (κ1) is 10.6. The van der Waals surface area contributed by atoms with Gasteiger partial charge in [0, 0.05) is 13.0 Å². The van der Waals surface area contributed by atoms with Crippen LogP contribution in [-0.4, -0.2) is 15.8 Å². The molecule has 1 rings (SSSR count). The maximum atomic E-state index is 10.7. The second-order valence-corrected chi connectivity index (χ2v) is 3.32. The molecule has 0 radical (unpaired) electrons. The first-order chi connectivity index (χ1) is 6.50. The molecular formula is C7H6BrN3O3. The number of nitrogens with zero attached hydrogens (tertiary/aromatic N) is 2. The number of nitro groups is 1. The molecule has 74 valence electrons. The second-order valence-electron chi connectivity index (χ2n) is 2.46. The summed E-state index contributed by atoms with van der Waals surface area (Å²) in [5, 5.41) is 12.8. The van der Waals surface area contributed by atoms with Gasteiger partial charge in [0.2, 0.25) is 5.91 Å². The van der Waals surface area contributed by atoms with Crippen LogP contribution >= 0.6 is 15.9 Å². The Bertz CT molecular complexity index is 394. The van der Waals surface area contributed by atoms with Crippen molar-refractivity contribution in [3.8, 4) is 0 Å². The van der Waals surface area contributed by atoms with Crippen molar-refractivity contribution in [2.75, 3.05) is 5.32 Å². The van der Waals surface area contributed by atoms with Crippen LogP contribution in [0, 0.1) is 10.1 Å². The van der Waals surface area contributed by atoms with Gasteiger partial charge in [-0.1, -0.05) is 0 Å². The molecule has 0 aromatic carbocycles. The Morgan fingerprint density at radius 2 is 2.36 bits per heavy atom. The third-order valence-corrected chi connectivity index (χ3v) is 1.94. The molecule has 1 N–H and O–H groups in total. The summed E-state index contributed by atoms with van der Waals surface area (Å²) in [4.78, 5) is 24.2. The van der Waals surface area contributed by atoms with E-state index in [4.69, 9.17) is 0 Å². The summed E-state index contributed by atoms with van der Waals surface area (Å²) in [5.41, 5.74) is -0.133. The van der Waals surface area contributed by atoms with Gasteiger partial charge in [-0.15, -0.1) is 0 Å². The predicted octanol–water partition coefficient (Wildman–Crippen LogP) is 1.71. The maximum Gasteiger partial charge on any atom is 0.288 e. The molecule has 1 heterocycles. The van der Waals surface area contributed by atoms with Gasteiger partial charge in [0.1, 0.15) is 12.0 Å². The standard InChI is InChI=1S/C7H6BrN3O3/c1-4(12)10-7-6(8)2-5(3-9-7)11(13)14/h2-3H,1H3,(H,9,10,12). The maximum absolute atomic E-state index is 10.7. The van der Waals surface area contributed by atoms with E-state index < -0.39 is 4.92 Å². The minimum Gasteiger partial charge on any atom is -0.310 e. The van der Waals surface area contributed by atoms with Gasteiger partial charge in [-0.2, -0.15) is 0 Å². The number of carbonyl (C=O) groups is 1. The minimum absolute atomic E-state index is 0.133. The summed E-state index contributed by atoms with van der Waals surface area (Å²) in [5.74, 6) is -0.0184. The lowest BCUT2D eigenvalue weighted by molar-refractivity contribution is -0.385. The molecule has 0 saturated carbocycles. The van der Waals surface area contributed by atoms with E-state index in [1.54, 1.807) is 0 Å². The number of pyridine rings is 1. The van der Waals surface area contributed by atoms with E-state index in [2.05, 4.69) is 26.2 Å². The van der Waals surface area contributed by atoms with E-state index in [0.29, 0.717) is 4.47 Å². The molecule has 1 aromatic rings. The molecule has 6 nitrogen and oxygen atoms in total. The largest absolute Gasteiger partial charge is 0.310 e. The third-order valence-electron chi connectivity index (χ3n) is 1.33. The fourth-order valence-electron chi connectivity index (χ4n) is 0.786. The van der Waals surface area contributed by atoms with Gasteiger partial charge in [0.15, 0.2) is 0 Å². The van der Waals surface area contributed by atoms with Gasteiger partial charge in [0.25, 0.3) is 5.69 Å². The van der Waals surface area contributed by atoms with Crippen molar-refractivity contribution >= 4 is 33.3 Å². The van der Waals surface area contributed by atoms with Crippen molar-refractivity contribution in [1.82, 2.24) is 4.98 Å². The molecule has 7 heteroatoms. The van der Waals surface area contributed by atoms with Crippen LogP contribution in [0.2, 0.25) is 0 Å². The first-order valence-electron chi connectivity index (χ1n) is 3.58. The van der Waals surface area contributed by atoms with Crippen LogP contribution in [0.4, 0.5) is 11.5 Å². The number of aromatic nitrogens is 1. The Morgan fingerprint density at radius 3 is 2.79 bits per heavy atom. The lowest BCUT2D eigenvalue weighted by Gasteiger charge is -2.02. The highest BCUT2D eigenvalue weighted by molar-refractivity contribution is 9.10. The van der Waals surface area contributed by atoms with Crippen LogP contribution < -0.4 is 5.32 Å². The Kier molecular flexibility index (Phi) is 3.13. The normalized spacial score (nSPS) is 9.57. The van der Waals surface area contributed by atoms with Gasteiger partial charge >= 0.3 is 0 Å². The number of hydrogen-bond donors (Lipinski definition) is 1. The SMILES string of the molecule is CC(=O)Nc1ncc([N+](=O)[O-])cc1Br. The molecule has 1 aromatic heterocycles. The molecule has 0 bridgehead atoms. The van der Waals surface area contributed by atoms with Crippen molar-refractivity contribution in [3.63, 3.8) is 0 Å². The Labute approximate surface area is 87.6 Å². The number of carbonyl (C=O) groups excluding carboxylic acids is 1. The van der Waals surface area contributed by atoms with Gasteiger partial charge in [-0.3, -0.25) is 14.9 Å².